The molecule has 0 unspecified atom stereocenters. The Kier molecular flexibility index (Phi) is 7.18. The van der Waals surface area contributed by atoms with Crippen LogP contribution in [0.3, 0.4) is 0 Å². The number of para-hydroxylation sites is 2. The van der Waals surface area contributed by atoms with Crippen LogP contribution in [0.5, 0.6) is 0 Å². The van der Waals surface area contributed by atoms with Gasteiger partial charge in [-0.05, 0) is 93.2 Å². The van der Waals surface area contributed by atoms with Crippen molar-refractivity contribution in [1.82, 2.24) is 4.57 Å². The van der Waals surface area contributed by atoms with E-state index in [1.807, 2.05) is 11.3 Å². The van der Waals surface area contributed by atoms with Crippen molar-refractivity contribution in [2.75, 3.05) is 4.90 Å². The molecule has 1 aliphatic carbocycles. The quantitative estimate of drug-likeness (QED) is 0.170. The Bertz CT molecular complexity index is 3370. The third-order valence-electron chi connectivity index (χ3n) is 12.6. The highest BCUT2D eigenvalue weighted by atomic mass is 32.1. The van der Waals surface area contributed by atoms with Crippen LogP contribution in [0, 0.1) is 0 Å². The normalized spacial score (nSPS) is 13.1. The number of hydrogen-bond donors (Lipinski definition) is 0. The molecule has 58 heavy (non-hydrogen) atoms. The minimum absolute atomic E-state index is 0.105. The lowest BCUT2D eigenvalue weighted by Gasteiger charge is -2.29. The first-order valence-electron chi connectivity index (χ1n) is 20.1. The van der Waals surface area contributed by atoms with E-state index in [4.69, 9.17) is 0 Å². The molecule has 0 spiro atoms. The second-order valence-electron chi connectivity index (χ2n) is 16.1. The van der Waals surface area contributed by atoms with E-state index in [1.165, 1.54) is 91.8 Å². The smallest absolute Gasteiger partial charge is 0.0543 e. The van der Waals surface area contributed by atoms with Gasteiger partial charge < -0.3 is 9.47 Å². The van der Waals surface area contributed by atoms with Crippen molar-refractivity contribution in [2.24, 2.45) is 0 Å². The fraction of sp³-hybridized carbons (Fsp3) is 0.0545. The number of rotatable bonds is 5. The molecular weight excluding hydrogens is 721 g/mol. The Labute approximate surface area is 341 Å². The summed E-state index contributed by atoms with van der Waals surface area (Å²) < 4.78 is 5.08. The molecule has 0 saturated carbocycles. The van der Waals surface area contributed by atoms with E-state index < -0.39 is 0 Å². The largest absolute Gasteiger partial charge is 0.310 e. The first-order valence-corrected chi connectivity index (χ1v) is 20.9. The van der Waals surface area contributed by atoms with Crippen LogP contribution in [-0.2, 0) is 5.41 Å². The summed E-state index contributed by atoms with van der Waals surface area (Å²) >= 11 is 1.91. The molecule has 0 N–H and O–H groups in total. The first kappa shape index (κ1) is 33.2. The maximum absolute atomic E-state index is 2.46. The van der Waals surface area contributed by atoms with E-state index in [2.05, 4.69) is 217 Å². The highest BCUT2D eigenvalue weighted by molar-refractivity contribution is 7.27. The molecule has 11 aromatic rings. The van der Waals surface area contributed by atoms with Gasteiger partial charge in [-0.3, -0.25) is 0 Å². The molecule has 0 amide bonds. The van der Waals surface area contributed by atoms with Gasteiger partial charge in [0.1, 0.15) is 0 Å². The summed E-state index contributed by atoms with van der Waals surface area (Å²) in [5, 5.41) is 7.79. The van der Waals surface area contributed by atoms with Crippen molar-refractivity contribution < 1.29 is 0 Å². The van der Waals surface area contributed by atoms with Gasteiger partial charge in [-0.2, -0.15) is 0 Å². The van der Waals surface area contributed by atoms with E-state index >= 15 is 0 Å². The summed E-state index contributed by atoms with van der Waals surface area (Å²) in [6.07, 6.45) is 0. The molecule has 9 aromatic carbocycles. The molecule has 274 valence electrons. The van der Waals surface area contributed by atoms with Gasteiger partial charge in [0.05, 0.1) is 16.7 Å². The van der Waals surface area contributed by atoms with Crippen molar-refractivity contribution in [3.63, 3.8) is 0 Å². The molecule has 12 rings (SSSR count). The summed E-state index contributed by atoms with van der Waals surface area (Å²) in [5.41, 5.74) is 14.7. The Balaban J connectivity index is 1.02. The van der Waals surface area contributed by atoms with Crippen LogP contribution in [0.4, 0.5) is 17.1 Å². The lowest BCUT2D eigenvalue weighted by atomic mass is 9.82. The molecule has 0 radical (unpaired) electrons. The molecule has 0 saturated heterocycles. The molecule has 0 bridgehead atoms. The molecule has 3 heteroatoms. The fourth-order valence-corrected chi connectivity index (χ4v) is 11.2. The number of nitrogens with zero attached hydrogens (tertiary/aromatic N) is 2. The fourth-order valence-electron chi connectivity index (χ4n) is 9.84. The van der Waals surface area contributed by atoms with Crippen LogP contribution in [0.1, 0.15) is 25.0 Å². The molecule has 0 fully saturated rings. The molecule has 1 aliphatic rings. The molecular formula is C55H38N2S. The van der Waals surface area contributed by atoms with Gasteiger partial charge in [-0.15, -0.1) is 11.3 Å². The number of thiophene rings is 1. The molecule has 2 aromatic heterocycles. The number of benzene rings is 9. The Morgan fingerprint density at radius 2 is 1.00 bits per heavy atom. The number of fused-ring (bicyclic) bond motifs is 11. The average Bonchev–Trinajstić information content (AvgIpc) is 3.91. The summed E-state index contributed by atoms with van der Waals surface area (Å²) in [6, 6.07) is 71.7. The van der Waals surface area contributed by atoms with Crippen LogP contribution >= 0.6 is 11.3 Å². The Hall–Kier alpha value is -6.94. The van der Waals surface area contributed by atoms with Crippen molar-refractivity contribution in [3.05, 3.63) is 205 Å². The van der Waals surface area contributed by atoms with Gasteiger partial charge in [0, 0.05) is 59.0 Å². The van der Waals surface area contributed by atoms with Crippen LogP contribution in [-0.4, -0.2) is 4.57 Å². The lowest BCUT2D eigenvalue weighted by Crippen LogP contribution is -2.16. The highest BCUT2D eigenvalue weighted by Gasteiger charge is 2.37. The number of aromatic nitrogens is 1. The molecule has 2 heterocycles. The van der Waals surface area contributed by atoms with Gasteiger partial charge in [0.15, 0.2) is 0 Å². The first-order chi connectivity index (χ1) is 28.5. The number of hydrogen-bond acceptors (Lipinski definition) is 2. The summed E-state index contributed by atoms with van der Waals surface area (Å²) in [6.45, 7) is 4.72. The molecule has 0 atom stereocenters. The third-order valence-corrected chi connectivity index (χ3v) is 13.9. The van der Waals surface area contributed by atoms with E-state index in [-0.39, 0.29) is 5.41 Å². The van der Waals surface area contributed by atoms with Crippen molar-refractivity contribution in [1.29, 1.82) is 0 Å². The monoisotopic (exact) mass is 758 g/mol. The van der Waals surface area contributed by atoms with Crippen LogP contribution in [0.15, 0.2) is 194 Å². The van der Waals surface area contributed by atoms with Crippen LogP contribution in [0.25, 0.3) is 80.7 Å². The number of anilines is 3. The zero-order chi connectivity index (χ0) is 38.5. The summed E-state index contributed by atoms with van der Waals surface area (Å²) in [7, 11) is 0. The van der Waals surface area contributed by atoms with Gasteiger partial charge in [0.25, 0.3) is 0 Å². The van der Waals surface area contributed by atoms with Crippen LogP contribution < -0.4 is 4.90 Å². The van der Waals surface area contributed by atoms with E-state index in [1.54, 1.807) is 0 Å². The van der Waals surface area contributed by atoms with E-state index in [0.29, 0.717) is 0 Å². The second kappa shape index (κ2) is 12.5. The topological polar surface area (TPSA) is 8.17 Å². The summed E-state index contributed by atoms with van der Waals surface area (Å²) in [5.74, 6) is 0. The zero-order valence-corrected chi connectivity index (χ0v) is 33.1. The average molecular weight is 759 g/mol. The van der Waals surface area contributed by atoms with Crippen molar-refractivity contribution >= 4 is 81.1 Å². The van der Waals surface area contributed by atoms with Gasteiger partial charge in [-0.25, -0.2) is 0 Å². The summed E-state index contributed by atoms with van der Waals surface area (Å²) in [4.78, 5) is 2.46. The Morgan fingerprint density at radius 3 is 1.76 bits per heavy atom. The van der Waals surface area contributed by atoms with Gasteiger partial charge in [-0.1, -0.05) is 153 Å². The Morgan fingerprint density at radius 1 is 0.431 bits per heavy atom. The van der Waals surface area contributed by atoms with Gasteiger partial charge >= 0.3 is 0 Å². The predicted octanol–water partition coefficient (Wildman–Crippen LogP) is 15.7. The van der Waals surface area contributed by atoms with E-state index in [9.17, 15) is 0 Å². The maximum atomic E-state index is 2.46. The lowest BCUT2D eigenvalue weighted by molar-refractivity contribution is 0.660. The third kappa shape index (κ3) is 4.77. The molecule has 0 aliphatic heterocycles. The minimum atomic E-state index is -0.105. The minimum Gasteiger partial charge on any atom is -0.310 e. The van der Waals surface area contributed by atoms with E-state index in [0.717, 1.165) is 17.1 Å². The zero-order valence-electron chi connectivity index (χ0n) is 32.3. The molecule has 2 nitrogen and oxygen atoms in total. The van der Waals surface area contributed by atoms with Crippen molar-refractivity contribution in [3.8, 4) is 27.9 Å². The second-order valence-corrected chi connectivity index (χ2v) is 17.1. The van der Waals surface area contributed by atoms with Gasteiger partial charge in [0.2, 0.25) is 0 Å². The SMILES string of the molecule is CC1(C)c2ccccc2-c2c(N(c3ccc(-c4cccc5c4sc4c6ccccc6ccc54)cc3)c3ccc(-n4c5ccccc5c5ccccc54)cc3)cccc21. The van der Waals surface area contributed by atoms with Crippen LogP contribution in [0.2, 0.25) is 0 Å². The standard InChI is InChI=1S/C55H38N2S/c1-55(2)47-20-8-5-17-46(47)52-48(55)21-12-24-51(52)56(38-30-32-39(33-31-38)57-49-22-9-6-15-42(49)43-16-7-10-23-50(43)57)37-28-25-36(26-29-37)41-18-11-19-44-45-34-27-35-13-3-4-14-40(35)54(45)58-53(41)44/h3-34H,1-2H3. The predicted molar refractivity (Wildman–Crippen MR) is 249 cm³/mol. The van der Waals surface area contributed by atoms with Crippen molar-refractivity contribution in [2.45, 2.75) is 19.3 Å². The maximum Gasteiger partial charge on any atom is 0.0543 e. The highest BCUT2D eigenvalue weighted by Crippen LogP contribution is 2.54.